The number of sulfonamides is 1. The predicted molar refractivity (Wildman–Crippen MR) is 87.2 cm³/mol. The van der Waals surface area contributed by atoms with E-state index in [1.165, 1.54) is 0 Å². The van der Waals surface area contributed by atoms with Crippen LogP contribution in [0.3, 0.4) is 0 Å². The van der Waals surface area contributed by atoms with Crippen molar-refractivity contribution in [3.63, 3.8) is 0 Å². The molecule has 0 spiro atoms. The molecule has 2 saturated heterocycles. The van der Waals surface area contributed by atoms with Crippen molar-refractivity contribution < 1.29 is 18.0 Å². The topological polar surface area (TPSA) is 86.8 Å². The molecule has 2 aliphatic rings. The highest BCUT2D eigenvalue weighted by Crippen LogP contribution is 2.24. The van der Waals surface area contributed by atoms with Gasteiger partial charge in [0.1, 0.15) is 0 Å². The molecule has 2 amide bonds. The molecule has 132 valence electrons. The van der Waals surface area contributed by atoms with Crippen LogP contribution in [0.5, 0.6) is 0 Å². The van der Waals surface area contributed by atoms with Gasteiger partial charge in [-0.3, -0.25) is 9.59 Å². The number of rotatable bonds is 5. The molecule has 0 aromatic heterocycles. The molecule has 0 aromatic rings. The summed E-state index contributed by atoms with van der Waals surface area (Å²) >= 11 is 0. The van der Waals surface area contributed by atoms with Crippen molar-refractivity contribution in [3.8, 4) is 0 Å². The summed E-state index contributed by atoms with van der Waals surface area (Å²) < 4.78 is 25.9. The van der Waals surface area contributed by atoms with Gasteiger partial charge in [-0.05, 0) is 33.6 Å². The molecule has 2 aliphatic heterocycles. The molecule has 2 heterocycles. The van der Waals surface area contributed by atoms with E-state index in [1.54, 1.807) is 16.7 Å². The first kappa shape index (κ1) is 18.2. The first-order valence-corrected chi connectivity index (χ1v) is 9.97. The lowest BCUT2D eigenvalue weighted by Crippen LogP contribution is -2.48. The lowest BCUT2D eigenvalue weighted by Gasteiger charge is -2.33. The zero-order valence-electron chi connectivity index (χ0n) is 14.1. The van der Waals surface area contributed by atoms with Crippen LogP contribution in [0.15, 0.2) is 0 Å². The third kappa shape index (κ3) is 4.44. The van der Waals surface area contributed by atoms with Crippen LogP contribution in [0.25, 0.3) is 0 Å². The minimum atomic E-state index is -3.20. The van der Waals surface area contributed by atoms with Gasteiger partial charge in [-0.1, -0.05) is 0 Å². The first-order valence-electron chi connectivity index (χ1n) is 8.31. The third-order valence-electron chi connectivity index (χ3n) is 4.66. The minimum absolute atomic E-state index is 0.0262. The Morgan fingerprint density at radius 3 is 2.39 bits per heavy atom. The van der Waals surface area contributed by atoms with Crippen LogP contribution in [-0.2, 0) is 19.6 Å². The zero-order valence-corrected chi connectivity index (χ0v) is 14.9. The summed E-state index contributed by atoms with van der Waals surface area (Å²) in [7, 11) is -3.20. The maximum atomic E-state index is 12.6. The molecule has 0 saturated carbocycles. The fraction of sp³-hybridized carbons (Fsp3) is 0.867. The van der Waals surface area contributed by atoms with E-state index in [-0.39, 0.29) is 35.6 Å². The van der Waals surface area contributed by atoms with Crippen LogP contribution < -0.4 is 4.72 Å². The Bertz CT molecular complexity index is 553. The Morgan fingerprint density at radius 2 is 1.91 bits per heavy atom. The van der Waals surface area contributed by atoms with Crippen LogP contribution >= 0.6 is 0 Å². The van der Waals surface area contributed by atoms with Crippen LogP contribution in [0.1, 0.15) is 40.0 Å². The highest BCUT2D eigenvalue weighted by atomic mass is 32.2. The molecule has 0 radical (unpaired) electrons. The Hall–Kier alpha value is -1.15. The average molecular weight is 345 g/mol. The molecule has 0 aromatic carbocycles. The van der Waals surface area contributed by atoms with Crippen molar-refractivity contribution in [3.05, 3.63) is 0 Å². The maximum absolute atomic E-state index is 12.6. The van der Waals surface area contributed by atoms with Gasteiger partial charge in [-0.2, -0.15) is 0 Å². The Morgan fingerprint density at radius 1 is 1.30 bits per heavy atom. The quantitative estimate of drug-likeness (QED) is 0.770. The van der Waals surface area contributed by atoms with Gasteiger partial charge in [0.15, 0.2) is 0 Å². The molecule has 1 unspecified atom stereocenters. The van der Waals surface area contributed by atoms with Gasteiger partial charge in [-0.15, -0.1) is 0 Å². The summed E-state index contributed by atoms with van der Waals surface area (Å²) in [4.78, 5) is 28.0. The van der Waals surface area contributed by atoms with Gasteiger partial charge in [0, 0.05) is 38.1 Å². The van der Waals surface area contributed by atoms with Crippen molar-refractivity contribution in [2.75, 3.05) is 25.4 Å². The molecule has 23 heavy (non-hydrogen) atoms. The summed E-state index contributed by atoms with van der Waals surface area (Å²) in [6.45, 7) is 7.10. The van der Waals surface area contributed by atoms with Gasteiger partial charge in [0.05, 0.1) is 11.7 Å². The van der Waals surface area contributed by atoms with E-state index in [1.807, 2.05) is 13.8 Å². The van der Waals surface area contributed by atoms with E-state index in [0.717, 1.165) is 0 Å². The second-order valence-electron chi connectivity index (χ2n) is 6.66. The number of carbonyl (C=O) groups excluding carboxylic acids is 2. The van der Waals surface area contributed by atoms with Gasteiger partial charge < -0.3 is 9.80 Å². The number of nitrogens with zero attached hydrogens (tertiary/aromatic N) is 2. The van der Waals surface area contributed by atoms with Gasteiger partial charge in [0.25, 0.3) is 0 Å². The van der Waals surface area contributed by atoms with E-state index < -0.39 is 10.0 Å². The average Bonchev–Trinajstić information content (AvgIpc) is 2.89. The monoisotopic (exact) mass is 345 g/mol. The number of amides is 2. The van der Waals surface area contributed by atoms with E-state index in [9.17, 15) is 18.0 Å². The number of piperidine rings is 1. The molecule has 0 bridgehead atoms. The standard InChI is InChI=1S/C15H27N3O4S/c1-4-23(21,22)16-13-5-7-17(8-6-13)15(20)12-9-14(19)18(10-12)11(2)3/h11-13,16H,4-10H2,1-3H3. The highest BCUT2D eigenvalue weighted by Gasteiger charge is 2.38. The van der Waals surface area contributed by atoms with Crippen molar-refractivity contribution in [2.24, 2.45) is 5.92 Å². The van der Waals surface area contributed by atoms with Gasteiger partial charge in [-0.25, -0.2) is 13.1 Å². The normalized spacial score (nSPS) is 23.8. The fourth-order valence-electron chi connectivity index (χ4n) is 3.21. The van der Waals surface area contributed by atoms with E-state index in [4.69, 9.17) is 0 Å². The van der Waals surface area contributed by atoms with Crippen LogP contribution in [0.4, 0.5) is 0 Å². The van der Waals surface area contributed by atoms with E-state index in [2.05, 4.69) is 4.72 Å². The van der Waals surface area contributed by atoms with Crippen LogP contribution in [0, 0.1) is 5.92 Å². The molecule has 2 rings (SSSR count). The molecule has 1 N–H and O–H groups in total. The Balaban J connectivity index is 1.86. The van der Waals surface area contributed by atoms with Gasteiger partial charge >= 0.3 is 0 Å². The molecule has 8 heteroatoms. The largest absolute Gasteiger partial charge is 0.342 e. The third-order valence-corrected chi connectivity index (χ3v) is 6.12. The Kier molecular flexibility index (Phi) is 5.67. The van der Waals surface area contributed by atoms with Crippen LogP contribution in [-0.4, -0.2) is 67.5 Å². The fourth-order valence-corrected chi connectivity index (χ4v) is 4.12. The summed E-state index contributed by atoms with van der Waals surface area (Å²) in [6, 6.07) is 0.0239. The number of hydrogen-bond acceptors (Lipinski definition) is 4. The molecule has 0 aliphatic carbocycles. The SMILES string of the molecule is CCS(=O)(=O)NC1CCN(C(=O)C2CC(=O)N(C(C)C)C2)CC1. The minimum Gasteiger partial charge on any atom is -0.342 e. The molecule has 2 fully saturated rings. The highest BCUT2D eigenvalue weighted by molar-refractivity contribution is 7.89. The van der Waals surface area contributed by atoms with E-state index in [0.29, 0.717) is 38.9 Å². The van der Waals surface area contributed by atoms with E-state index >= 15 is 0 Å². The first-order chi connectivity index (χ1) is 10.7. The lowest BCUT2D eigenvalue weighted by molar-refractivity contribution is -0.136. The maximum Gasteiger partial charge on any atom is 0.227 e. The smallest absolute Gasteiger partial charge is 0.227 e. The summed E-state index contributed by atoms with van der Waals surface area (Å²) in [5, 5.41) is 0. The molecular formula is C15H27N3O4S. The summed E-state index contributed by atoms with van der Waals surface area (Å²) in [5.74, 6) is -0.113. The van der Waals surface area contributed by atoms with Crippen molar-refractivity contribution >= 4 is 21.8 Å². The van der Waals surface area contributed by atoms with Gasteiger partial charge in [0.2, 0.25) is 21.8 Å². The zero-order chi connectivity index (χ0) is 17.2. The van der Waals surface area contributed by atoms with Crippen molar-refractivity contribution in [1.29, 1.82) is 0 Å². The Labute approximate surface area is 138 Å². The number of nitrogens with one attached hydrogen (secondary N) is 1. The predicted octanol–water partition coefficient (Wildman–Crippen LogP) is 0.174. The lowest BCUT2D eigenvalue weighted by atomic mass is 10.0. The van der Waals surface area contributed by atoms with Crippen LogP contribution in [0.2, 0.25) is 0 Å². The second-order valence-corrected chi connectivity index (χ2v) is 8.70. The number of likely N-dealkylation sites (tertiary alicyclic amines) is 2. The number of carbonyl (C=O) groups is 2. The van der Waals surface area contributed by atoms with Crippen molar-refractivity contribution in [2.45, 2.75) is 52.1 Å². The molecular weight excluding hydrogens is 318 g/mol. The molecule has 7 nitrogen and oxygen atoms in total. The van der Waals surface area contributed by atoms with Crippen molar-refractivity contribution in [1.82, 2.24) is 14.5 Å². The summed E-state index contributed by atoms with van der Waals surface area (Å²) in [5.41, 5.74) is 0. The second kappa shape index (κ2) is 7.17. The molecule has 1 atom stereocenters. The summed E-state index contributed by atoms with van der Waals surface area (Å²) in [6.07, 6.45) is 1.54. The number of hydrogen-bond donors (Lipinski definition) is 1.